The van der Waals surface area contributed by atoms with Crippen molar-refractivity contribution in [1.29, 1.82) is 0 Å². The lowest BCUT2D eigenvalue weighted by Gasteiger charge is -2.15. The summed E-state index contributed by atoms with van der Waals surface area (Å²) in [6.07, 6.45) is 0.893. The zero-order valence-corrected chi connectivity index (χ0v) is 11.1. The molecule has 1 aliphatic heterocycles. The van der Waals surface area contributed by atoms with Gasteiger partial charge in [-0.15, -0.1) is 0 Å². The van der Waals surface area contributed by atoms with Gasteiger partial charge in [-0.2, -0.15) is 0 Å². The van der Waals surface area contributed by atoms with Gasteiger partial charge in [-0.1, -0.05) is 13.8 Å². The number of amides is 1. The molecular formula is C14H20N2O2. The fraction of sp³-hybridized carbons (Fsp3) is 0.500. The molecule has 1 aliphatic rings. The quantitative estimate of drug-likeness (QED) is 0.864. The Morgan fingerprint density at radius 3 is 2.83 bits per heavy atom. The van der Waals surface area contributed by atoms with Gasteiger partial charge in [0.2, 0.25) is 5.91 Å². The van der Waals surface area contributed by atoms with Gasteiger partial charge in [0.25, 0.3) is 0 Å². The number of methoxy groups -OCH3 is 1. The minimum atomic E-state index is 0.0170. The first-order chi connectivity index (χ1) is 8.60. The Morgan fingerprint density at radius 1 is 1.39 bits per heavy atom. The fourth-order valence-corrected chi connectivity index (χ4v) is 2.23. The summed E-state index contributed by atoms with van der Waals surface area (Å²) in [6.45, 7) is 4.95. The van der Waals surface area contributed by atoms with E-state index >= 15 is 0 Å². The van der Waals surface area contributed by atoms with Crippen molar-refractivity contribution in [3.63, 3.8) is 0 Å². The lowest BCUT2D eigenvalue weighted by molar-refractivity contribution is -0.119. The second-order valence-corrected chi connectivity index (χ2v) is 5.11. The topological polar surface area (TPSA) is 50.4 Å². The Balaban J connectivity index is 2.19. The molecule has 1 aromatic rings. The summed E-state index contributed by atoms with van der Waals surface area (Å²) in [6, 6.07) is 5.67. The van der Waals surface area contributed by atoms with E-state index in [1.807, 2.05) is 18.2 Å². The van der Waals surface area contributed by atoms with Crippen LogP contribution < -0.4 is 15.4 Å². The molecule has 0 saturated carbocycles. The van der Waals surface area contributed by atoms with Crippen LogP contribution in [0.2, 0.25) is 0 Å². The molecule has 18 heavy (non-hydrogen) atoms. The van der Waals surface area contributed by atoms with Crippen molar-refractivity contribution in [3.05, 3.63) is 18.2 Å². The Labute approximate surface area is 108 Å². The zero-order valence-electron chi connectivity index (χ0n) is 11.1. The van der Waals surface area contributed by atoms with Gasteiger partial charge in [0.1, 0.15) is 5.75 Å². The van der Waals surface area contributed by atoms with Crippen LogP contribution in [0.3, 0.4) is 0 Å². The third kappa shape index (κ3) is 2.75. The van der Waals surface area contributed by atoms with Crippen LogP contribution in [0.5, 0.6) is 5.75 Å². The van der Waals surface area contributed by atoms with Gasteiger partial charge in [-0.25, -0.2) is 0 Å². The van der Waals surface area contributed by atoms with E-state index in [4.69, 9.17) is 4.74 Å². The molecule has 1 heterocycles. The van der Waals surface area contributed by atoms with Crippen LogP contribution in [0.15, 0.2) is 18.2 Å². The molecule has 0 radical (unpaired) electrons. The largest absolute Gasteiger partial charge is 0.497 e. The molecule has 2 N–H and O–H groups in total. The highest BCUT2D eigenvalue weighted by Crippen LogP contribution is 2.30. The molecule has 1 atom stereocenters. The normalized spacial score (nSPS) is 18.7. The van der Waals surface area contributed by atoms with E-state index in [0.29, 0.717) is 12.5 Å². The molecule has 0 bridgehead atoms. The summed E-state index contributed by atoms with van der Waals surface area (Å²) >= 11 is 0. The monoisotopic (exact) mass is 248 g/mol. The highest BCUT2D eigenvalue weighted by Gasteiger charge is 2.24. The molecule has 4 nitrogen and oxygen atoms in total. The van der Waals surface area contributed by atoms with E-state index in [0.717, 1.165) is 23.5 Å². The van der Waals surface area contributed by atoms with E-state index in [1.54, 1.807) is 7.11 Å². The van der Waals surface area contributed by atoms with Gasteiger partial charge in [-0.05, 0) is 24.5 Å². The van der Waals surface area contributed by atoms with E-state index in [2.05, 4.69) is 24.5 Å². The van der Waals surface area contributed by atoms with Crippen LogP contribution in [-0.2, 0) is 4.79 Å². The minimum Gasteiger partial charge on any atom is -0.497 e. The Bertz CT molecular complexity index is 443. The van der Waals surface area contributed by atoms with E-state index < -0.39 is 0 Å². The van der Waals surface area contributed by atoms with Crippen molar-refractivity contribution in [3.8, 4) is 5.75 Å². The van der Waals surface area contributed by atoms with Crippen LogP contribution in [0, 0.1) is 11.8 Å². The smallest absolute Gasteiger partial charge is 0.229 e. The number of carbonyl (C=O) groups excluding carboxylic acids is 1. The van der Waals surface area contributed by atoms with Gasteiger partial charge < -0.3 is 15.4 Å². The lowest BCUT2D eigenvalue weighted by atomic mass is 9.96. The van der Waals surface area contributed by atoms with Crippen LogP contribution in [0.1, 0.15) is 20.3 Å². The molecule has 0 fully saturated rings. The first-order valence-electron chi connectivity index (χ1n) is 6.33. The molecular weight excluding hydrogens is 228 g/mol. The van der Waals surface area contributed by atoms with Gasteiger partial charge in [-0.3, -0.25) is 4.79 Å². The lowest BCUT2D eigenvalue weighted by Crippen LogP contribution is -2.27. The highest BCUT2D eigenvalue weighted by atomic mass is 16.5. The number of carbonyl (C=O) groups is 1. The second-order valence-electron chi connectivity index (χ2n) is 5.11. The maximum absolute atomic E-state index is 12.1. The first kappa shape index (κ1) is 12.7. The minimum absolute atomic E-state index is 0.0170. The van der Waals surface area contributed by atoms with E-state index in [1.165, 1.54) is 0 Å². The predicted octanol–water partition coefficient (Wildman–Crippen LogP) is 2.72. The van der Waals surface area contributed by atoms with Gasteiger partial charge in [0.05, 0.1) is 24.4 Å². The van der Waals surface area contributed by atoms with Crippen LogP contribution in [0.25, 0.3) is 0 Å². The Hall–Kier alpha value is -1.71. The number of benzene rings is 1. The van der Waals surface area contributed by atoms with Crippen LogP contribution >= 0.6 is 0 Å². The van der Waals surface area contributed by atoms with Crippen molar-refractivity contribution in [1.82, 2.24) is 0 Å². The summed E-state index contributed by atoms with van der Waals surface area (Å²) < 4.78 is 5.17. The summed E-state index contributed by atoms with van der Waals surface area (Å²) in [7, 11) is 1.62. The standard InChI is InChI=1S/C14H20N2O2/c1-9(2)6-10-8-15-12-5-4-11(18-3)7-13(12)16-14(10)17/h4-5,7,9-10,15H,6,8H2,1-3H3,(H,16,17). The van der Waals surface area contributed by atoms with Crippen LogP contribution in [0.4, 0.5) is 11.4 Å². The maximum Gasteiger partial charge on any atom is 0.229 e. The number of fused-ring (bicyclic) bond motifs is 1. The third-order valence-electron chi connectivity index (χ3n) is 3.15. The SMILES string of the molecule is COc1ccc2c(c1)NC(=O)C(CC(C)C)CN2. The third-order valence-corrected chi connectivity index (χ3v) is 3.15. The molecule has 1 amide bonds. The summed E-state index contributed by atoms with van der Waals surface area (Å²) in [5, 5.41) is 6.29. The highest BCUT2D eigenvalue weighted by molar-refractivity contribution is 5.97. The Morgan fingerprint density at radius 2 is 2.17 bits per heavy atom. The predicted molar refractivity (Wildman–Crippen MR) is 73.1 cm³/mol. The maximum atomic E-state index is 12.1. The van der Waals surface area contributed by atoms with Gasteiger partial charge >= 0.3 is 0 Å². The fourth-order valence-electron chi connectivity index (χ4n) is 2.23. The number of hydrogen-bond acceptors (Lipinski definition) is 3. The van der Waals surface area contributed by atoms with Crippen molar-refractivity contribution < 1.29 is 9.53 Å². The van der Waals surface area contributed by atoms with E-state index in [-0.39, 0.29) is 11.8 Å². The number of nitrogens with one attached hydrogen (secondary N) is 2. The molecule has 1 unspecified atom stereocenters. The van der Waals surface area contributed by atoms with Crippen molar-refractivity contribution in [2.24, 2.45) is 11.8 Å². The molecule has 0 spiro atoms. The Kier molecular flexibility index (Phi) is 3.75. The van der Waals surface area contributed by atoms with Gasteiger partial charge in [0.15, 0.2) is 0 Å². The summed E-state index contributed by atoms with van der Waals surface area (Å²) in [5.74, 6) is 1.36. The van der Waals surface area contributed by atoms with E-state index in [9.17, 15) is 4.79 Å². The number of anilines is 2. The number of ether oxygens (including phenoxy) is 1. The molecule has 0 saturated heterocycles. The van der Waals surface area contributed by atoms with Crippen molar-refractivity contribution in [2.75, 3.05) is 24.3 Å². The average molecular weight is 248 g/mol. The molecule has 98 valence electrons. The van der Waals surface area contributed by atoms with Crippen LogP contribution in [-0.4, -0.2) is 19.6 Å². The van der Waals surface area contributed by atoms with Crippen molar-refractivity contribution in [2.45, 2.75) is 20.3 Å². The molecule has 1 aromatic carbocycles. The summed E-state index contributed by atoms with van der Waals surface area (Å²) in [4.78, 5) is 12.1. The molecule has 0 aromatic heterocycles. The molecule has 4 heteroatoms. The van der Waals surface area contributed by atoms with Crippen molar-refractivity contribution >= 4 is 17.3 Å². The average Bonchev–Trinajstić information content (AvgIpc) is 2.48. The second kappa shape index (κ2) is 5.29. The number of hydrogen-bond donors (Lipinski definition) is 2. The summed E-state index contributed by atoms with van der Waals surface area (Å²) in [5.41, 5.74) is 1.75. The molecule has 0 aliphatic carbocycles. The van der Waals surface area contributed by atoms with Gasteiger partial charge in [0, 0.05) is 12.6 Å². The first-order valence-corrected chi connectivity index (χ1v) is 6.33. The zero-order chi connectivity index (χ0) is 13.1. The molecule has 2 rings (SSSR count). The number of rotatable bonds is 3.